The van der Waals surface area contributed by atoms with Crippen LogP contribution in [0.15, 0.2) is 72.3 Å². The summed E-state index contributed by atoms with van der Waals surface area (Å²) in [7, 11) is -2.63. The molecule has 0 spiro atoms. The zero-order valence-corrected chi connectivity index (χ0v) is 21.9. The molecule has 35 heavy (non-hydrogen) atoms. The lowest BCUT2D eigenvalue weighted by Gasteiger charge is -2.39. The number of rotatable bonds is 8. The van der Waals surface area contributed by atoms with Crippen LogP contribution in [0.5, 0.6) is 0 Å². The van der Waals surface area contributed by atoms with Gasteiger partial charge in [-0.25, -0.2) is 14.4 Å². The van der Waals surface area contributed by atoms with E-state index in [0.29, 0.717) is 0 Å². The van der Waals surface area contributed by atoms with Gasteiger partial charge in [-0.2, -0.15) is 0 Å². The molecular formula is C28H32O6Si. The Morgan fingerprint density at radius 1 is 0.800 bits per heavy atom. The number of carbonyl (C=O) groups is 3. The van der Waals surface area contributed by atoms with Crippen LogP contribution in [0, 0.1) is 11.5 Å². The molecule has 0 aromatic heterocycles. The second-order valence-electron chi connectivity index (χ2n) is 8.64. The highest BCUT2D eigenvalue weighted by molar-refractivity contribution is 7.10. The largest absolute Gasteiger partial charge is 0.462 e. The van der Waals surface area contributed by atoms with Crippen molar-refractivity contribution in [2.45, 2.75) is 39.7 Å². The normalized spacial score (nSPS) is 10.9. The molecule has 0 atom stereocenters. The Hall–Kier alpha value is -3.63. The van der Waals surface area contributed by atoms with Gasteiger partial charge in [0.1, 0.15) is 0 Å². The van der Waals surface area contributed by atoms with Gasteiger partial charge in [-0.3, -0.25) is 0 Å². The SMILES string of the molecule is CCOC(=O)C(=CC(=O)OCC#C[Si](c1ccccc1)(c1ccccc1)C(C)(C)C)C(=O)OCC. The van der Waals surface area contributed by atoms with Crippen LogP contribution < -0.4 is 10.4 Å². The van der Waals surface area contributed by atoms with Crippen molar-refractivity contribution in [3.8, 4) is 11.5 Å². The molecule has 2 rings (SSSR count). The van der Waals surface area contributed by atoms with Crippen LogP contribution >= 0.6 is 0 Å². The van der Waals surface area contributed by atoms with E-state index < -0.39 is 31.6 Å². The molecule has 0 fully saturated rings. The van der Waals surface area contributed by atoms with Gasteiger partial charge in [0.15, 0.2) is 12.2 Å². The highest BCUT2D eigenvalue weighted by atomic mass is 28.3. The van der Waals surface area contributed by atoms with Crippen molar-refractivity contribution >= 4 is 36.4 Å². The fourth-order valence-corrected chi connectivity index (χ4v) is 8.25. The Morgan fingerprint density at radius 3 is 1.66 bits per heavy atom. The van der Waals surface area contributed by atoms with Crippen LogP contribution in [0.25, 0.3) is 0 Å². The summed E-state index contributed by atoms with van der Waals surface area (Å²) in [5.74, 6) is 0.286. The third-order valence-corrected chi connectivity index (χ3v) is 10.6. The molecule has 0 N–H and O–H groups in total. The zero-order chi connectivity index (χ0) is 25.9. The van der Waals surface area contributed by atoms with E-state index in [1.807, 2.05) is 36.4 Å². The molecule has 0 aliphatic heterocycles. The summed E-state index contributed by atoms with van der Waals surface area (Å²) in [4.78, 5) is 36.5. The van der Waals surface area contributed by atoms with E-state index in [-0.39, 0.29) is 24.9 Å². The molecule has 7 heteroatoms. The van der Waals surface area contributed by atoms with Crippen molar-refractivity contribution in [3.63, 3.8) is 0 Å². The molecule has 0 saturated heterocycles. The Labute approximate surface area is 208 Å². The number of esters is 3. The standard InChI is InChI=1S/C28H32O6Si/c1-6-32-26(30)24(27(31)33-7-2)21-25(29)34-19-14-20-35(28(3,4)5,22-15-10-8-11-16-22)23-17-12-9-13-18-23/h8-13,15-18,21H,6-7,19H2,1-5H3. The van der Waals surface area contributed by atoms with Gasteiger partial charge in [0.05, 0.1) is 13.2 Å². The van der Waals surface area contributed by atoms with Crippen molar-refractivity contribution in [1.82, 2.24) is 0 Å². The lowest BCUT2D eigenvalue weighted by Crippen LogP contribution is -2.63. The summed E-state index contributed by atoms with van der Waals surface area (Å²) >= 11 is 0. The van der Waals surface area contributed by atoms with Gasteiger partial charge >= 0.3 is 17.9 Å². The van der Waals surface area contributed by atoms with E-state index >= 15 is 0 Å². The van der Waals surface area contributed by atoms with Crippen LogP contribution in [0.4, 0.5) is 0 Å². The first-order valence-electron chi connectivity index (χ1n) is 11.5. The third kappa shape index (κ3) is 6.93. The summed E-state index contributed by atoms with van der Waals surface area (Å²) in [6, 6.07) is 20.4. The van der Waals surface area contributed by atoms with Crippen LogP contribution in [0.2, 0.25) is 5.04 Å². The van der Waals surface area contributed by atoms with Crippen molar-refractivity contribution in [1.29, 1.82) is 0 Å². The lowest BCUT2D eigenvalue weighted by atomic mass is 10.2. The first-order chi connectivity index (χ1) is 16.7. The number of carbonyl (C=O) groups excluding carboxylic acids is 3. The minimum atomic E-state index is -2.63. The maximum Gasteiger partial charge on any atom is 0.345 e. The summed E-state index contributed by atoms with van der Waals surface area (Å²) < 4.78 is 14.9. The highest BCUT2D eigenvalue weighted by Crippen LogP contribution is 2.35. The Balaban J connectivity index is 2.37. The summed E-state index contributed by atoms with van der Waals surface area (Å²) in [6.45, 7) is 9.62. The van der Waals surface area contributed by atoms with Gasteiger partial charge in [-0.15, -0.1) is 5.54 Å². The zero-order valence-electron chi connectivity index (χ0n) is 20.9. The lowest BCUT2D eigenvalue weighted by molar-refractivity contribution is -0.148. The van der Waals surface area contributed by atoms with Gasteiger partial charge in [0.25, 0.3) is 0 Å². The minimum Gasteiger partial charge on any atom is -0.462 e. The predicted molar refractivity (Wildman–Crippen MR) is 138 cm³/mol. The quantitative estimate of drug-likeness (QED) is 0.107. The number of ether oxygens (including phenoxy) is 3. The topological polar surface area (TPSA) is 78.9 Å². The Morgan fingerprint density at radius 2 is 1.26 bits per heavy atom. The maximum atomic E-state index is 12.4. The average molecular weight is 493 g/mol. The molecule has 0 aliphatic rings. The molecule has 0 saturated carbocycles. The van der Waals surface area contributed by atoms with Crippen LogP contribution in [0.3, 0.4) is 0 Å². The first-order valence-corrected chi connectivity index (χ1v) is 13.5. The van der Waals surface area contributed by atoms with Crippen molar-refractivity contribution in [2.24, 2.45) is 0 Å². The molecular weight excluding hydrogens is 460 g/mol. The molecule has 0 bridgehead atoms. The van der Waals surface area contributed by atoms with Crippen molar-refractivity contribution < 1.29 is 28.6 Å². The molecule has 2 aromatic carbocycles. The smallest absolute Gasteiger partial charge is 0.345 e. The van der Waals surface area contributed by atoms with Gasteiger partial charge in [0.2, 0.25) is 8.07 Å². The second-order valence-corrected chi connectivity index (χ2v) is 13.0. The van der Waals surface area contributed by atoms with Gasteiger partial charge in [-0.05, 0) is 29.3 Å². The molecule has 0 radical (unpaired) electrons. The van der Waals surface area contributed by atoms with E-state index in [1.54, 1.807) is 13.8 Å². The Kier molecular flexibility index (Phi) is 10.0. The fraction of sp³-hybridized carbons (Fsp3) is 0.321. The number of benzene rings is 2. The third-order valence-electron chi connectivity index (χ3n) is 5.35. The molecule has 0 unspecified atom stereocenters. The first kappa shape index (κ1) is 27.6. The summed E-state index contributed by atoms with van der Waals surface area (Å²) in [5.41, 5.74) is 2.99. The van der Waals surface area contributed by atoms with Gasteiger partial charge in [0, 0.05) is 6.08 Å². The van der Waals surface area contributed by atoms with Crippen molar-refractivity contribution in [3.05, 3.63) is 72.3 Å². The molecule has 6 nitrogen and oxygen atoms in total. The highest BCUT2D eigenvalue weighted by Gasteiger charge is 2.46. The molecule has 0 aliphatic carbocycles. The molecule has 0 amide bonds. The Bertz CT molecular complexity index is 1050. The number of hydrogen-bond donors (Lipinski definition) is 0. The predicted octanol–water partition coefficient (Wildman–Crippen LogP) is 3.19. The monoisotopic (exact) mass is 492 g/mol. The van der Waals surface area contributed by atoms with E-state index in [4.69, 9.17) is 14.2 Å². The van der Waals surface area contributed by atoms with E-state index in [2.05, 4.69) is 56.5 Å². The minimum absolute atomic E-state index is 0.0502. The molecule has 184 valence electrons. The van der Waals surface area contributed by atoms with Gasteiger partial charge in [-0.1, -0.05) is 87.4 Å². The van der Waals surface area contributed by atoms with E-state index in [9.17, 15) is 14.4 Å². The average Bonchev–Trinajstić information content (AvgIpc) is 2.83. The summed E-state index contributed by atoms with van der Waals surface area (Å²) in [5, 5.41) is 2.14. The fourth-order valence-electron chi connectivity index (χ4n) is 3.80. The number of hydrogen-bond acceptors (Lipinski definition) is 6. The second kappa shape index (κ2) is 12.7. The summed E-state index contributed by atoms with van der Waals surface area (Å²) in [6.07, 6.45) is 0.792. The van der Waals surface area contributed by atoms with Crippen LogP contribution in [-0.2, 0) is 28.6 Å². The van der Waals surface area contributed by atoms with Crippen molar-refractivity contribution in [2.75, 3.05) is 19.8 Å². The van der Waals surface area contributed by atoms with Crippen LogP contribution in [-0.4, -0.2) is 45.8 Å². The van der Waals surface area contributed by atoms with E-state index in [1.165, 1.54) is 0 Å². The van der Waals surface area contributed by atoms with Gasteiger partial charge < -0.3 is 14.2 Å². The van der Waals surface area contributed by atoms with Crippen LogP contribution in [0.1, 0.15) is 34.6 Å². The maximum absolute atomic E-state index is 12.4. The molecule has 2 aromatic rings. The molecule has 0 heterocycles. The van der Waals surface area contributed by atoms with E-state index in [0.717, 1.165) is 16.4 Å².